The van der Waals surface area contributed by atoms with E-state index >= 15 is 0 Å². The van der Waals surface area contributed by atoms with Crippen molar-refractivity contribution in [2.24, 2.45) is 0 Å². The molecule has 0 fully saturated rings. The van der Waals surface area contributed by atoms with Gasteiger partial charge in [-0.25, -0.2) is 0 Å². The maximum Gasteiger partial charge on any atom is 0.147 e. The lowest BCUT2D eigenvalue weighted by molar-refractivity contribution is 0.204. The Morgan fingerprint density at radius 1 is 1.33 bits per heavy atom. The van der Waals surface area contributed by atoms with Gasteiger partial charge in [-0.05, 0) is 5.56 Å². The Hall–Kier alpha value is -1.33. The zero-order valence-electron chi connectivity index (χ0n) is 6.94. The summed E-state index contributed by atoms with van der Waals surface area (Å²) in [5.74, 6) is -0.115. The fourth-order valence-electron chi connectivity index (χ4n) is 1.05. The van der Waals surface area contributed by atoms with Gasteiger partial charge in [0, 0.05) is 5.92 Å². The van der Waals surface area contributed by atoms with Gasteiger partial charge >= 0.3 is 0 Å². The van der Waals surface area contributed by atoms with Crippen molar-refractivity contribution in [1.82, 2.24) is 0 Å². The van der Waals surface area contributed by atoms with Gasteiger partial charge in [-0.2, -0.15) is 5.26 Å². The first kappa shape index (κ1) is 8.76. The van der Waals surface area contributed by atoms with Crippen molar-refractivity contribution in [1.29, 1.82) is 5.26 Å². The van der Waals surface area contributed by atoms with Crippen LogP contribution in [0.15, 0.2) is 30.3 Å². The standard InChI is InChI=1S/C10H11NO/c1-8(10(12)7-11)9-5-3-2-4-6-9/h2-6,8,10,12H,1H3/t8?,10-/m0/s1. The molecule has 0 aliphatic heterocycles. The summed E-state index contributed by atoms with van der Waals surface area (Å²) in [4.78, 5) is 0. The predicted octanol–water partition coefficient (Wildman–Crippen LogP) is 1.67. The number of nitriles is 1. The number of hydrogen-bond donors (Lipinski definition) is 1. The molecule has 1 unspecified atom stereocenters. The monoisotopic (exact) mass is 161 g/mol. The van der Waals surface area contributed by atoms with E-state index in [4.69, 9.17) is 5.26 Å². The van der Waals surface area contributed by atoms with Crippen LogP contribution in [0.1, 0.15) is 18.4 Å². The molecule has 0 amide bonds. The Morgan fingerprint density at radius 3 is 2.42 bits per heavy atom. The van der Waals surface area contributed by atoms with E-state index in [1.807, 2.05) is 43.3 Å². The van der Waals surface area contributed by atoms with Crippen LogP contribution in [0.5, 0.6) is 0 Å². The van der Waals surface area contributed by atoms with E-state index in [0.29, 0.717) is 0 Å². The molecule has 0 bridgehead atoms. The molecular weight excluding hydrogens is 150 g/mol. The number of nitrogens with zero attached hydrogens (tertiary/aromatic N) is 1. The second kappa shape index (κ2) is 3.89. The average molecular weight is 161 g/mol. The Labute approximate surface area is 72.1 Å². The molecule has 0 spiro atoms. The summed E-state index contributed by atoms with van der Waals surface area (Å²) in [6.45, 7) is 1.84. The van der Waals surface area contributed by atoms with E-state index < -0.39 is 6.10 Å². The molecule has 1 aromatic carbocycles. The molecule has 0 aromatic heterocycles. The minimum absolute atomic E-state index is 0.115. The molecule has 0 heterocycles. The summed E-state index contributed by atoms with van der Waals surface area (Å²) in [7, 11) is 0. The zero-order chi connectivity index (χ0) is 8.97. The van der Waals surface area contributed by atoms with Crippen molar-refractivity contribution in [3.05, 3.63) is 35.9 Å². The van der Waals surface area contributed by atoms with Gasteiger partial charge in [0.15, 0.2) is 0 Å². The fraction of sp³-hybridized carbons (Fsp3) is 0.300. The van der Waals surface area contributed by atoms with Gasteiger partial charge in [0.05, 0.1) is 6.07 Å². The maximum atomic E-state index is 9.22. The van der Waals surface area contributed by atoms with Crippen molar-refractivity contribution in [2.45, 2.75) is 18.9 Å². The van der Waals surface area contributed by atoms with Crippen molar-refractivity contribution < 1.29 is 5.11 Å². The highest BCUT2D eigenvalue weighted by atomic mass is 16.3. The second-order valence-electron chi connectivity index (χ2n) is 2.77. The van der Waals surface area contributed by atoms with Gasteiger partial charge < -0.3 is 5.11 Å². The lowest BCUT2D eigenvalue weighted by Crippen LogP contribution is -2.12. The summed E-state index contributed by atoms with van der Waals surface area (Å²) in [6, 6.07) is 11.3. The molecular formula is C10H11NO. The molecule has 1 aromatic rings. The Bertz CT molecular complexity index is 276. The highest BCUT2D eigenvalue weighted by molar-refractivity contribution is 5.21. The van der Waals surface area contributed by atoms with Crippen LogP contribution in [0.3, 0.4) is 0 Å². The maximum absolute atomic E-state index is 9.22. The van der Waals surface area contributed by atoms with Crippen LogP contribution in [-0.4, -0.2) is 11.2 Å². The first-order chi connectivity index (χ1) is 5.75. The molecule has 62 valence electrons. The molecule has 1 N–H and O–H groups in total. The minimum Gasteiger partial charge on any atom is -0.378 e. The van der Waals surface area contributed by atoms with E-state index in [9.17, 15) is 5.11 Å². The van der Waals surface area contributed by atoms with E-state index in [1.54, 1.807) is 0 Å². The topological polar surface area (TPSA) is 44.0 Å². The molecule has 12 heavy (non-hydrogen) atoms. The quantitative estimate of drug-likeness (QED) is 0.670. The number of rotatable bonds is 2. The van der Waals surface area contributed by atoms with Gasteiger partial charge in [0.1, 0.15) is 6.10 Å². The first-order valence-electron chi connectivity index (χ1n) is 3.88. The molecule has 0 aliphatic carbocycles. The van der Waals surface area contributed by atoms with Crippen LogP contribution in [0.25, 0.3) is 0 Å². The third kappa shape index (κ3) is 1.84. The lowest BCUT2D eigenvalue weighted by Gasteiger charge is -2.11. The van der Waals surface area contributed by atoms with Crippen LogP contribution in [0.4, 0.5) is 0 Å². The summed E-state index contributed by atoms with van der Waals surface area (Å²) in [6.07, 6.45) is -0.910. The second-order valence-corrected chi connectivity index (χ2v) is 2.77. The molecule has 2 atom stereocenters. The summed E-state index contributed by atoms with van der Waals surface area (Å²) in [5.41, 5.74) is 0.992. The van der Waals surface area contributed by atoms with Crippen LogP contribution in [0, 0.1) is 11.3 Å². The summed E-state index contributed by atoms with van der Waals surface area (Å²) < 4.78 is 0. The number of aliphatic hydroxyl groups is 1. The van der Waals surface area contributed by atoms with Gasteiger partial charge in [0.25, 0.3) is 0 Å². The highest BCUT2D eigenvalue weighted by Gasteiger charge is 2.14. The molecule has 0 aliphatic rings. The van der Waals surface area contributed by atoms with Gasteiger partial charge in [-0.3, -0.25) is 0 Å². The zero-order valence-corrected chi connectivity index (χ0v) is 6.94. The lowest BCUT2D eigenvalue weighted by atomic mass is 9.96. The van der Waals surface area contributed by atoms with Crippen LogP contribution >= 0.6 is 0 Å². The Balaban J connectivity index is 2.80. The fourth-order valence-corrected chi connectivity index (χ4v) is 1.05. The largest absolute Gasteiger partial charge is 0.378 e. The SMILES string of the molecule is CC(c1ccccc1)[C@@H](O)C#N. The normalized spacial score (nSPS) is 14.8. The molecule has 2 nitrogen and oxygen atoms in total. The molecule has 1 rings (SSSR count). The molecule has 2 heteroatoms. The average Bonchev–Trinajstić information content (AvgIpc) is 2.17. The third-order valence-electron chi connectivity index (χ3n) is 1.93. The van der Waals surface area contributed by atoms with Crippen LogP contribution in [0.2, 0.25) is 0 Å². The molecule has 0 saturated heterocycles. The van der Waals surface area contributed by atoms with Crippen molar-refractivity contribution in [2.75, 3.05) is 0 Å². The minimum atomic E-state index is -0.910. The predicted molar refractivity (Wildman–Crippen MR) is 46.5 cm³/mol. The third-order valence-corrected chi connectivity index (χ3v) is 1.93. The van der Waals surface area contributed by atoms with E-state index in [1.165, 1.54) is 0 Å². The smallest absolute Gasteiger partial charge is 0.147 e. The number of benzene rings is 1. The summed E-state index contributed by atoms with van der Waals surface area (Å²) in [5, 5.41) is 17.7. The van der Waals surface area contributed by atoms with Gasteiger partial charge in [-0.1, -0.05) is 37.3 Å². The van der Waals surface area contributed by atoms with E-state index in [2.05, 4.69) is 0 Å². The van der Waals surface area contributed by atoms with Crippen LogP contribution in [-0.2, 0) is 0 Å². The Morgan fingerprint density at radius 2 is 1.92 bits per heavy atom. The first-order valence-corrected chi connectivity index (χ1v) is 3.88. The van der Waals surface area contributed by atoms with Crippen molar-refractivity contribution in [3.8, 4) is 6.07 Å². The summed E-state index contributed by atoms with van der Waals surface area (Å²) >= 11 is 0. The van der Waals surface area contributed by atoms with Gasteiger partial charge in [-0.15, -0.1) is 0 Å². The highest BCUT2D eigenvalue weighted by Crippen LogP contribution is 2.17. The van der Waals surface area contributed by atoms with E-state index in [-0.39, 0.29) is 5.92 Å². The van der Waals surface area contributed by atoms with E-state index in [0.717, 1.165) is 5.56 Å². The Kier molecular flexibility index (Phi) is 2.84. The van der Waals surface area contributed by atoms with Crippen molar-refractivity contribution in [3.63, 3.8) is 0 Å². The van der Waals surface area contributed by atoms with Gasteiger partial charge in [0.2, 0.25) is 0 Å². The molecule has 0 radical (unpaired) electrons. The van der Waals surface area contributed by atoms with Crippen molar-refractivity contribution >= 4 is 0 Å². The molecule has 0 saturated carbocycles. The number of aliphatic hydroxyl groups excluding tert-OH is 1. The van der Waals surface area contributed by atoms with Crippen LogP contribution < -0.4 is 0 Å². The number of hydrogen-bond acceptors (Lipinski definition) is 2.